The van der Waals surface area contributed by atoms with Crippen LogP contribution in [-0.2, 0) is 21.7 Å². The highest BCUT2D eigenvalue weighted by Crippen LogP contribution is 2.32. The van der Waals surface area contributed by atoms with Gasteiger partial charge in [-0.25, -0.2) is 17.9 Å². The second-order valence-electron chi connectivity index (χ2n) is 4.85. The largest absolute Gasteiger partial charge is 0.724 e. The van der Waals surface area contributed by atoms with Crippen LogP contribution in [-0.4, -0.2) is 57.9 Å². The van der Waals surface area contributed by atoms with Gasteiger partial charge in [0.1, 0.15) is 6.04 Å². The molecular weight excluding hydrogens is 316 g/mol. The van der Waals surface area contributed by atoms with E-state index in [-0.39, 0.29) is 18.6 Å². The number of carbonyl (C=O) groups is 1. The number of carbonyl (C=O) groups excluding carboxylic acids is 1. The van der Waals surface area contributed by atoms with Crippen molar-refractivity contribution in [3.05, 3.63) is 34.3 Å². The normalized spacial score (nSPS) is 21.3. The highest BCUT2D eigenvalue weighted by atomic mass is 32.3. The highest BCUT2D eigenvalue weighted by Gasteiger charge is 2.44. The minimum Gasteiger partial charge on any atom is -0.724 e. The number of aryl methyl sites for hydroxylation is 1. The van der Waals surface area contributed by atoms with Crippen LogP contribution in [0.15, 0.2) is 23.0 Å². The second kappa shape index (κ2) is 4.90. The number of amides is 2. The predicted octanol–water partition coefficient (Wildman–Crippen LogP) is -1.32. The molecule has 1 saturated heterocycles. The van der Waals surface area contributed by atoms with E-state index in [1.165, 1.54) is 24.1 Å². The Morgan fingerprint density at radius 2 is 2.09 bits per heavy atom. The van der Waals surface area contributed by atoms with Gasteiger partial charge in [0.15, 0.2) is 0 Å². The Labute approximate surface area is 125 Å². The van der Waals surface area contributed by atoms with Crippen molar-refractivity contribution in [2.75, 3.05) is 13.1 Å². The Balaban J connectivity index is 1.99. The molecule has 3 heterocycles. The van der Waals surface area contributed by atoms with Crippen LogP contribution in [0.3, 0.4) is 0 Å². The van der Waals surface area contributed by atoms with Gasteiger partial charge < -0.3 is 9.45 Å². The zero-order chi connectivity index (χ0) is 16.1. The van der Waals surface area contributed by atoms with E-state index in [9.17, 15) is 22.6 Å². The van der Waals surface area contributed by atoms with Crippen molar-refractivity contribution >= 4 is 22.0 Å². The molecule has 0 spiro atoms. The van der Waals surface area contributed by atoms with Gasteiger partial charge in [-0.1, -0.05) is 6.08 Å². The van der Waals surface area contributed by atoms with E-state index in [4.69, 9.17) is 0 Å². The number of hydrogen-bond acceptors (Lipinski definition) is 7. The smallest absolute Gasteiger partial charge is 0.346 e. The topological polar surface area (TPSA) is 125 Å². The van der Waals surface area contributed by atoms with E-state index in [1.54, 1.807) is 6.08 Å². The van der Waals surface area contributed by atoms with Gasteiger partial charge in [0, 0.05) is 25.2 Å². The van der Waals surface area contributed by atoms with Gasteiger partial charge >= 0.3 is 6.03 Å². The van der Waals surface area contributed by atoms with Crippen molar-refractivity contribution in [1.29, 1.82) is 0 Å². The number of hydroxylamine groups is 2. The summed E-state index contributed by atoms with van der Waals surface area (Å²) >= 11 is 0. The molecule has 10 nitrogen and oxygen atoms in total. The molecule has 1 atom stereocenters. The van der Waals surface area contributed by atoms with Crippen molar-refractivity contribution in [2.24, 2.45) is 7.05 Å². The first kappa shape index (κ1) is 14.7. The average Bonchev–Trinajstić information content (AvgIpc) is 2.66. The number of hydrogen-bond donors (Lipinski definition) is 0. The van der Waals surface area contributed by atoms with Crippen LogP contribution in [0.1, 0.15) is 5.69 Å². The van der Waals surface area contributed by atoms with Gasteiger partial charge in [-0.3, -0.25) is 4.79 Å². The fraction of sp³-hybridized carbons (Fsp3) is 0.364. The molecule has 1 aromatic rings. The highest BCUT2D eigenvalue weighted by molar-refractivity contribution is 7.80. The van der Waals surface area contributed by atoms with Gasteiger partial charge in [0.2, 0.25) is 10.4 Å². The average molecular weight is 327 g/mol. The molecule has 22 heavy (non-hydrogen) atoms. The SMILES string of the molecule is Cn1nc(C2=CCN3CC2N(OS(=O)(=O)[O-])C3=O)ccc1=O. The maximum Gasteiger partial charge on any atom is 0.346 e. The Morgan fingerprint density at radius 1 is 1.36 bits per heavy atom. The minimum atomic E-state index is -5.07. The lowest BCUT2D eigenvalue weighted by Gasteiger charge is -2.24. The molecule has 1 unspecified atom stereocenters. The first-order valence-electron chi connectivity index (χ1n) is 6.24. The summed E-state index contributed by atoms with van der Waals surface area (Å²) in [6.07, 6.45) is 1.68. The Hall–Kier alpha value is -2.24. The van der Waals surface area contributed by atoms with Crippen molar-refractivity contribution < 1.29 is 22.0 Å². The molecule has 2 aliphatic heterocycles. The van der Waals surface area contributed by atoms with E-state index >= 15 is 0 Å². The molecule has 0 radical (unpaired) electrons. The van der Waals surface area contributed by atoms with Crippen LogP contribution in [0, 0.1) is 0 Å². The van der Waals surface area contributed by atoms with Crippen LogP contribution in [0.4, 0.5) is 4.79 Å². The third-order valence-corrected chi connectivity index (χ3v) is 3.80. The zero-order valence-corrected chi connectivity index (χ0v) is 12.2. The van der Waals surface area contributed by atoms with Crippen LogP contribution in [0.25, 0.3) is 5.57 Å². The Bertz CT molecular complexity index is 829. The lowest BCUT2D eigenvalue weighted by atomic mass is 10.0. The maximum absolute atomic E-state index is 12.0. The van der Waals surface area contributed by atoms with Crippen LogP contribution in [0.2, 0.25) is 0 Å². The molecule has 1 fully saturated rings. The van der Waals surface area contributed by atoms with Crippen LogP contribution >= 0.6 is 0 Å². The first-order valence-corrected chi connectivity index (χ1v) is 7.58. The molecular formula is C11H11N4O6S-. The van der Waals surface area contributed by atoms with Crippen molar-refractivity contribution in [2.45, 2.75) is 6.04 Å². The molecule has 2 bridgehead atoms. The number of aromatic nitrogens is 2. The Kier molecular flexibility index (Phi) is 3.27. The fourth-order valence-corrected chi connectivity index (χ4v) is 2.83. The summed E-state index contributed by atoms with van der Waals surface area (Å²) < 4.78 is 37.7. The van der Waals surface area contributed by atoms with Crippen molar-refractivity contribution in [3.8, 4) is 0 Å². The second-order valence-corrected chi connectivity index (χ2v) is 5.82. The number of nitrogens with zero attached hydrogens (tertiary/aromatic N) is 4. The quantitative estimate of drug-likeness (QED) is 0.497. The predicted molar refractivity (Wildman–Crippen MR) is 70.8 cm³/mol. The molecule has 118 valence electrons. The molecule has 0 N–H and O–H groups in total. The lowest BCUT2D eigenvalue weighted by Crippen LogP contribution is -2.36. The van der Waals surface area contributed by atoms with Gasteiger partial charge in [-0.2, -0.15) is 14.4 Å². The van der Waals surface area contributed by atoms with Crippen LogP contribution < -0.4 is 5.56 Å². The molecule has 0 saturated carbocycles. The van der Waals surface area contributed by atoms with Crippen LogP contribution in [0.5, 0.6) is 0 Å². The van der Waals surface area contributed by atoms with E-state index < -0.39 is 22.5 Å². The summed E-state index contributed by atoms with van der Waals surface area (Å²) in [7, 11) is -3.60. The van der Waals surface area contributed by atoms with Gasteiger partial charge in [-0.15, -0.1) is 0 Å². The van der Waals surface area contributed by atoms with E-state index in [2.05, 4.69) is 9.38 Å². The van der Waals surface area contributed by atoms with Gasteiger partial charge in [0.05, 0.1) is 12.2 Å². The molecule has 11 heteroatoms. The zero-order valence-electron chi connectivity index (χ0n) is 11.4. The number of rotatable bonds is 3. The van der Waals surface area contributed by atoms with E-state index in [1.807, 2.05) is 0 Å². The molecule has 3 rings (SSSR count). The minimum absolute atomic E-state index is 0.171. The summed E-state index contributed by atoms with van der Waals surface area (Å²) in [6, 6.07) is 1.29. The third kappa shape index (κ3) is 2.49. The lowest BCUT2D eigenvalue weighted by molar-refractivity contribution is -0.0172. The molecule has 1 aromatic heterocycles. The van der Waals surface area contributed by atoms with E-state index in [0.29, 0.717) is 16.3 Å². The number of fused-ring (bicyclic) bond motifs is 2. The van der Waals surface area contributed by atoms with Crippen molar-refractivity contribution in [1.82, 2.24) is 19.7 Å². The first-order chi connectivity index (χ1) is 10.3. The summed E-state index contributed by atoms with van der Waals surface area (Å²) in [4.78, 5) is 24.7. The monoisotopic (exact) mass is 327 g/mol. The van der Waals surface area contributed by atoms with Gasteiger partial charge in [-0.05, 0) is 6.07 Å². The summed E-state index contributed by atoms with van der Waals surface area (Å²) in [6.45, 7) is 0.401. The molecule has 2 amide bonds. The standard InChI is InChI=1S/C11H12N4O6S/c1-13-10(16)3-2-8(12-13)7-4-5-14-6-9(7)15(11(14)17)21-22(18,19)20/h2-4,9H,5-6H2,1H3,(H,18,19,20)/p-1. The molecule has 0 aromatic carbocycles. The summed E-state index contributed by atoms with van der Waals surface area (Å²) in [5.41, 5.74) is 0.610. The maximum atomic E-state index is 12.0. The van der Waals surface area contributed by atoms with E-state index in [0.717, 1.165) is 4.68 Å². The Morgan fingerprint density at radius 3 is 2.73 bits per heavy atom. The van der Waals surface area contributed by atoms with Crippen molar-refractivity contribution in [3.63, 3.8) is 0 Å². The van der Waals surface area contributed by atoms with Gasteiger partial charge in [0.25, 0.3) is 5.56 Å². The molecule has 2 aliphatic rings. The third-order valence-electron chi connectivity index (χ3n) is 3.45. The summed E-state index contributed by atoms with van der Waals surface area (Å²) in [5, 5.41) is 4.60. The fourth-order valence-electron chi connectivity index (χ4n) is 2.47. The summed E-state index contributed by atoms with van der Waals surface area (Å²) in [5.74, 6) is 0. The molecule has 0 aliphatic carbocycles. The number of urea groups is 1.